The number of ketones is 1. The molecular weight excluding hydrogens is 374 g/mol. The van der Waals surface area contributed by atoms with Crippen LogP contribution in [0.5, 0.6) is 5.75 Å². The summed E-state index contributed by atoms with van der Waals surface area (Å²) in [6.07, 6.45) is 1.18. The third kappa shape index (κ3) is 2.54. The average Bonchev–Trinajstić information content (AvgIpc) is 3.37. The number of ether oxygens (including phenoxy) is 1. The highest BCUT2D eigenvalue weighted by Crippen LogP contribution is 2.48. The standard InChI is InChI=1S/C21H19N3O3S/c1-27-15-6-3-2-5-12(15)17-18-13(22-20-19(17)21(26)24-23-20)9-11(10-14(18)25)16-7-4-8-28-16/h2-8,11,17H,9-10H2,1H3,(H3,22,23,24,26)/t11-,17-/m0/s1. The summed E-state index contributed by atoms with van der Waals surface area (Å²) < 4.78 is 5.55. The molecule has 0 saturated heterocycles. The summed E-state index contributed by atoms with van der Waals surface area (Å²) in [6.45, 7) is 0. The van der Waals surface area contributed by atoms with Gasteiger partial charge >= 0.3 is 0 Å². The minimum Gasteiger partial charge on any atom is -0.496 e. The van der Waals surface area contributed by atoms with E-state index < -0.39 is 5.92 Å². The maximum atomic E-state index is 13.3. The van der Waals surface area contributed by atoms with Crippen LogP contribution < -0.4 is 15.6 Å². The Balaban J connectivity index is 1.69. The Morgan fingerprint density at radius 2 is 1.93 bits per heavy atom. The normalized spacial score (nSPS) is 21.1. The zero-order valence-corrected chi connectivity index (χ0v) is 16.1. The maximum absolute atomic E-state index is 13.3. The van der Waals surface area contributed by atoms with E-state index in [9.17, 15) is 9.59 Å². The Kier molecular flexibility index (Phi) is 3.98. The average molecular weight is 393 g/mol. The van der Waals surface area contributed by atoms with Crippen molar-refractivity contribution in [3.05, 3.63) is 79.4 Å². The van der Waals surface area contributed by atoms with Crippen molar-refractivity contribution in [1.29, 1.82) is 0 Å². The second-order valence-corrected chi connectivity index (χ2v) is 8.08. The van der Waals surface area contributed by atoms with E-state index in [1.165, 1.54) is 4.88 Å². The number of rotatable bonds is 3. The number of hydrogen-bond donors (Lipinski definition) is 3. The second kappa shape index (κ2) is 6.53. The molecule has 5 rings (SSSR count). The monoisotopic (exact) mass is 393 g/mol. The number of para-hydroxylation sites is 1. The SMILES string of the molecule is COc1ccccc1[C@H]1C2=C(C[C@H](c3cccs3)CC2=O)Nc2[nH][nH]c(=O)c21. The molecule has 3 aromatic rings. The lowest BCUT2D eigenvalue weighted by atomic mass is 9.73. The Morgan fingerprint density at radius 1 is 1.07 bits per heavy atom. The third-order valence-corrected chi connectivity index (χ3v) is 6.61. The second-order valence-electron chi connectivity index (χ2n) is 7.10. The summed E-state index contributed by atoms with van der Waals surface area (Å²) >= 11 is 1.68. The van der Waals surface area contributed by atoms with Gasteiger partial charge < -0.3 is 10.1 Å². The Morgan fingerprint density at radius 3 is 2.71 bits per heavy atom. The number of nitrogens with one attached hydrogen (secondary N) is 3. The summed E-state index contributed by atoms with van der Waals surface area (Å²) in [6, 6.07) is 11.7. The van der Waals surface area contributed by atoms with Gasteiger partial charge in [0.2, 0.25) is 0 Å². The molecule has 0 bridgehead atoms. The van der Waals surface area contributed by atoms with Crippen molar-refractivity contribution in [2.75, 3.05) is 12.4 Å². The number of thiophene rings is 1. The van der Waals surface area contributed by atoms with Crippen LogP contribution in [-0.2, 0) is 4.79 Å². The molecule has 0 unspecified atom stereocenters. The van der Waals surface area contributed by atoms with Crippen LogP contribution in [0.3, 0.4) is 0 Å². The number of fused-ring (bicyclic) bond motifs is 1. The van der Waals surface area contributed by atoms with Gasteiger partial charge in [0.15, 0.2) is 5.78 Å². The number of anilines is 1. The van der Waals surface area contributed by atoms with Crippen molar-refractivity contribution >= 4 is 22.9 Å². The summed E-state index contributed by atoms with van der Waals surface area (Å²) in [5, 5.41) is 10.9. The zero-order chi connectivity index (χ0) is 19.3. The number of allylic oxidation sites excluding steroid dienone is 2. The summed E-state index contributed by atoms with van der Waals surface area (Å²) in [5.74, 6) is 1.08. The molecule has 142 valence electrons. The molecule has 3 N–H and O–H groups in total. The van der Waals surface area contributed by atoms with E-state index >= 15 is 0 Å². The molecule has 0 amide bonds. The fourth-order valence-corrected chi connectivity index (χ4v) is 5.19. The van der Waals surface area contributed by atoms with E-state index in [1.54, 1.807) is 18.4 Å². The van der Waals surface area contributed by atoms with E-state index in [0.717, 1.165) is 17.7 Å². The smallest absolute Gasteiger partial charge is 0.270 e. The lowest BCUT2D eigenvalue weighted by molar-refractivity contribution is -0.116. The first kappa shape index (κ1) is 17.1. The van der Waals surface area contributed by atoms with Crippen LogP contribution in [0, 0.1) is 0 Å². The largest absolute Gasteiger partial charge is 0.496 e. The summed E-state index contributed by atoms with van der Waals surface area (Å²) in [7, 11) is 1.60. The van der Waals surface area contributed by atoms with Gasteiger partial charge in [-0.15, -0.1) is 11.3 Å². The highest BCUT2D eigenvalue weighted by atomic mass is 32.1. The van der Waals surface area contributed by atoms with E-state index in [4.69, 9.17) is 4.74 Å². The van der Waals surface area contributed by atoms with Gasteiger partial charge in [0.05, 0.1) is 18.6 Å². The number of aromatic nitrogens is 2. The number of hydrogen-bond acceptors (Lipinski definition) is 5. The quantitative estimate of drug-likeness (QED) is 0.633. The predicted octanol–water partition coefficient (Wildman–Crippen LogP) is 3.73. The van der Waals surface area contributed by atoms with Crippen LogP contribution in [0.4, 0.5) is 5.82 Å². The lowest BCUT2D eigenvalue weighted by Gasteiger charge is -2.34. The van der Waals surface area contributed by atoms with Crippen molar-refractivity contribution in [3.8, 4) is 5.75 Å². The number of carbonyl (C=O) groups excluding carboxylic acids is 1. The maximum Gasteiger partial charge on any atom is 0.270 e. The van der Waals surface area contributed by atoms with Gasteiger partial charge in [-0.25, -0.2) is 0 Å². The molecule has 2 aliphatic rings. The molecule has 28 heavy (non-hydrogen) atoms. The van der Waals surface area contributed by atoms with Crippen LogP contribution in [0.1, 0.15) is 40.7 Å². The van der Waals surface area contributed by atoms with Crippen molar-refractivity contribution in [2.24, 2.45) is 0 Å². The van der Waals surface area contributed by atoms with Gasteiger partial charge in [-0.05, 0) is 23.9 Å². The van der Waals surface area contributed by atoms with E-state index in [2.05, 4.69) is 21.6 Å². The highest BCUT2D eigenvalue weighted by molar-refractivity contribution is 7.10. The number of methoxy groups -OCH3 is 1. The van der Waals surface area contributed by atoms with Crippen LogP contribution in [-0.4, -0.2) is 23.1 Å². The number of carbonyl (C=O) groups is 1. The van der Waals surface area contributed by atoms with Gasteiger partial charge in [0.1, 0.15) is 11.6 Å². The summed E-state index contributed by atoms with van der Waals surface area (Å²) in [4.78, 5) is 27.1. The molecule has 0 spiro atoms. The molecular formula is C21H19N3O3S. The predicted molar refractivity (Wildman–Crippen MR) is 108 cm³/mol. The molecule has 7 heteroatoms. The van der Waals surface area contributed by atoms with Crippen LogP contribution in [0.2, 0.25) is 0 Å². The minimum atomic E-state index is -0.450. The molecule has 6 nitrogen and oxygen atoms in total. The fraction of sp³-hybridized carbons (Fsp3) is 0.238. The van der Waals surface area contributed by atoms with Crippen molar-refractivity contribution in [2.45, 2.75) is 24.7 Å². The Bertz CT molecular complexity index is 1140. The van der Waals surface area contributed by atoms with Gasteiger partial charge in [-0.3, -0.25) is 19.8 Å². The zero-order valence-electron chi connectivity index (χ0n) is 15.2. The molecule has 1 aliphatic heterocycles. The topological polar surface area (TPSA) is 87.0 Å². The Labute approximate surface area is 165 Å². The third-order valence-electron chi connectivity index (χ3n) is 5.57. The summed E-state index contributed by atoms with van der Waals surface area (Å²) in [5.41, 5.74) is 2.70. The van der Waals surface area contributed by atoms with Crippen molar-refractivity contribution in [3.63, 3.8) is 0 Å². The first-order chi connectivity index (χ1) is 13.7. The highest BCUT2D eigenvalue weighted by Gasteiger charge is 2.41. The molecule has 0 saturated carbocycles. The molecule has 1 aromatic carbocycles. The van der Waals surface area contributed by atoms with Crippen molar-refractivity contribution in [1.82, 2.24) is 10.2 Å². The molecule has 2 aromatic heterocycles. The first-order valence-corrected chi connectivity index (χ1v) is 10.1. The lowest BCUT2D eigenvalue weighted by Crippen LogP contribution is -2.31. The van der Waals surface area contributed by atoms with Crippen LogP contribution in [0.25, 0.3) is 0 Å². The van der Waals surface area contributed by atoms with E-state index in [-0.39, 0.29) is 17.3 Å². The molecule has 0 radical (unpaired) electrons. The van der Waals surface area contributed by atoms with Crippen LogP contribution in [0.15, 0.2) is 57.8 Å². The van der Waals surface area contributed by atoms with Crippen LogP contribution >= 0.6 is 11.3 Å². The van der Waals surface area contributed by atoms with E-state index in [1.807, 2.05) is 35.7 Å². The molecule has 3 heterocycles. The van der Waals surface area contributed by atoms with Gasteiger partial charge in [-0.1, -0.05) is 24.3 Å². The fourth-order valence-electron chi connectivity index (χ4n) is 4.36. The van der Waals surface area contributed by atoms with Gasteiger partial charge in [-0.2, -0.15) is 0 Å². The van der Waals surface area contributed by atoms with Gasteiger partial charge in [0.25, 0.3) is 5.56 Å². The van der Waals surface area contributed by atoms with Gasteiger partial charge in [0, 0.05) is 34.0 Å². The van der Waals surface area contributed by atoms with E-state index in [0.29, 0.717) is 29.1 Å². The number of Topliss-reactive ketones (excluding diaryl/α,β-unsaturated/α-hetero) is 1. The van der Waals surface area contributed by atoms with Crippen molar-refractivity contribution < 1.29 is 9.53 Å². The molecule has 2 atom stereocenters. The number of H-pyrrole nitrogens is 2. The molecule has 0 fully saturated rings. The Hall–Kier alpha value is -3.06. The number of aromatic amines is 2. The first-order valence-electron chi connectivity index (χ1n) is 9.17. The minimum absolute atomic E-state index is 0.0781. The number of benzene rings is 1. The molecule has 1 aliphatic carbocycles.